The average molecular weight is 858 g/mol. The van der Waals surface area contributed by atoms with Crippen LogP contribution in [0, 0.1) is 0 Å². The molecule has 19 nitrogen and oxygen atoms in total. The van der Waals surface area contributed by atoms with Crippen molar-refractivity contribution in [3.63, 3.8) is 0 Å². The van der Waals surface area contributed by atoms with Crippen molar-refractivity contribution in [2.45, 2.75) is 49.6 Å². The molecule has 0 saturated carbocycles. The van der Waals surface area contributed by atoms with Crippen LogP contribution in [0.4, 0.5) is 0 Å². The van der Waals surface area contributed by atoms with Gasteiger partial charge in [0.05, 0.1) is 39.4 Å². The Morgan fingerprint density at radius 1 is 0.823 bits per heavy atom. The number of amides is 1. The molecule has 1 fully saturated rings. The average Bonchev–Trinajstić information content (AvgIpc) is 3.24. The summed E-state index contributed by atoms with van der Waals surface area (Å²) in [7, 11) is 2.84. The van der Waals surface area contributed by atoms with Crippen molar-refractivity contribution < 1.29 is 77.9 Å². The van der Waals surface area contributed by atoms with Gasteiger partial charge in [-0.25, -0.2) is 4.79 Å². The molecule has 1 saturated heterocycles. The summed E-state index contributed by atoms with van der Waals surface area (Å²) in [6.07, 6.45) is -8.73. The Labute approximate surface area is 349 Å². The predicted octanol–water partition coefficient (Wildman–Crippen LogP) is 2.98. The molecule has 19 heteroatoms. The maximum absolute atomic E-state index is 13.7. The first-order valence-electron chi connectivity index (χ1n) is 18.7. The highest BCUT2D eigenvalue weighted by Gasteiger charge is 2.57. The van der Waals surface area contributed by atoms with Gasteiger partial charge in [-0.1, -0.05) is 0 Å². The van der Waals surface area contributed by atoms with Crippen molar-refractivity contribution >= 4 is 33.8 Å². The molecule has 6 atom stereocenters. The van der Waals surface area contributed by atoms with Crippen LogP contribution in [-0.2, 0) is 14.3 Å². The van der Waals surface area contributed by atoms with E-state index in [4.69, 9.17) is 32.5 Å². The quantitative estimate of drug-likeness (QED) is 0.0828. The lowest BCUT2D eigenvalue weighted by Gasteiger charge is -2.46. The molecule has 0 aliphatic carbocycles. The number of aliphatic hydroxyl groups excluding tert-OH is 4. The van der Waals surface area contributed by atoms with Crippen LogP contribution in [0.5, 0.6) is 40.2 Å². The van der Waals surface area contributed by atoms with E-state index in [1.165, 1.54) is 50.6 Å². The van der Waals surface area contributed by atoms with Crippen LogP contribution >= 0.6 is 0 Å². The molecule has 7 rings (SSSR count). The molecule has 0 radical (unpaired) electrons. The normalized spacial score (nSPS) is 19.7. The fourth-order valence-corrected chi connectivity index (χ4v) is 7.05. The largest absolute Gasteiger partial charge is 0.507 e. The molecule has 8 N–H and O–H groups in total. The third-order valence-electron chi connectivity index (χ3n) is 10.1. The summed E-state index contributed by atoms with van der Waals surface area (Å²) in [6.45, 7) is 0.0536. The molecule has 324 valence electrons. The van der Waals surface area contributed by atoms with E-state index >= 15 is 0 Å². The van der Waals surface area contributed by atoms with Crippen LogP contribution in [-0.4, -0.2) is 105 Å². The number of ether oxygens (including phenoxy) is 5. The fourth-order valence-electron chi connectivity index (χ4n) is 7.05. The number of methoxy groups -OCH3 is 2. The minimum atomic E-state index is -2.98. The van der Waals surface area contributed by atoms with Gasteiger partial charge in [-0.05, 0) is 48.5 Å². The number of fused-ring (bicyclic) bond motifs is 2. The maximum Gasteiger partial charge on any atom is 0.377 e. The zero-order valence-electron chi connectivity index (χ0n) is 32.9. The number of aliphatic hydroxyl groups is 4. The Kier molecular flexibility index (Phi) is 11.8. The fraction of sp³-hybridized carbons (Fsp3) is 0.256. The highest BCUT2D eigenvalue weighted by molar-refractivity contribution is 5.90. The number of hydrogen-bond acceptors (Lipinski definition) is 17. The van der Waals surface area contributed by atoms with E-state index in [1.807, 2.05) is 0 Å². The summed E-state index contributed by atoms with van der Waals surface area (Å²) in [5, 5.41) is 76.8. The minimum absolute atomic E-state index is 0.0189. The summed E-state index contributed by atoms with van der Waals surface area (Å²) >= 11 is 0. The number of phenols is 2. The number of carbonyl (C=O) groups is 2. The van der Waals surface area contributed by atoms with Gasteiger partial charge in [-0.15, -0.1) is 0 Å². The second kappa shape index (κ2) is 17.1. The first-order valence-corrected chi connectivity index (χ1v) is 18.7. The Balaban J connectivity index is 1.34. The molecule has 1 aliphatic rings. The maximum atomic E-state index is 13.7. The van der Waals surface area contributed by atoms with Crippen LogP contribution in [0.1, 0.15) is 13.3 Å². The number of carboxylic acids is 1. The van der Waals surface area contributed by atoms with Crippen molar-refractivity contribution in [2.24, 2.45) is 0 Å². The molecule has 0 spiro atoms. The van der Waals surface area contributed by atoms with Gasteiger partial charge in [0.1, 0.15) is 74.8 Å². The van der Waals surface area contributed by atoms with Crippen molar-refractivity contribution in [1.29, 1.82) is 0 Å². The van der Waals surface area contributed by atoms with E-state index in [0.717, 1.165) is 25.1 Å². The molecular weight excluding hydrogens is 818 g/mol. The van der Waals surface area contributed by atoms with Crippen molar-refractivity contribution in [3.8, 4) is 62.9 Å². The Bertz CT molecular complexity index is 2780. The van der Waals surface area contributed by atoms with Crippen molar-refractivity contribution in [2.75, 3.05) is 20.8 Å². The van der Waals surface area contributed by atoms with E-state index < -0.39 is 94.6 Å². The minimum Gasteiger partial charge on any atom is -0.507 e. The van der Waals surface area contributed by atoms with Crippen molar-refractivity contribution in [1.82, 2.24) is 5.32 Å². The lowest BCUT2D eigenvalue weighted by molar-refractivity contribution is -0.284. The number of rotatable bonds is 13. The van der Waals surface area contributed by atoms with Crippen LogP contribution in [0.15, 0.2) is 97.3 Å². The molecule has 2 aromatic heterocycles. The number of nitrogens with one attached hydrogen (secondary N) is 1. The standard InChI is InChI=1S/C43H39NO18/c1-19(46)44-37-28(50)17-43(42(54)55,62-41(37)38(52)29(51)18-45)61-34-16-33-36(27(49)15-31(60-33)20-4-8-22(56-2)9-5-20)39(53)40(34)58-23-10-6-21(7-11-23)30-14-26(48)35-25(47)12-24(57-3)13-32(35)59-30/h4-16,28-29,37-38,41,45,47,50-53H,17-18H2,1-3H3,(H,44,46)(H,54,55)/t28-,29-,37+,38-,41+,43+/m0/s1. The number of carbonyl (C=O) groups excluding carboxylic acids is 1. The SMILES string of the molecule is COc1ccc(-c2cc(=O)c3c(O)c(Oc4ccc(-c5cc(=O)c6c(O)cc(OC)cc6o5)cc4)c(O[C@]4(C(=O)O)C[C@H](O)[C@@H](NC(C)=O)[C@H]([C@@H](O)[C@@H](O)CO)O4)cc3o2)cc1. The third kappa shape index (κ3) is 8.17. The van der Waals surface area contributed by atoms with E-state index in [2.05, 4.69) is 5.32 Å². The summed E-state index contributed by atoms with van der Waals surface area (Å²) < 4.78 is 40.2. The first-order chi connectivity index (χ1) is 29.6. The number of phenolic OH excluding ortho intramolecular Hbond substituents is 2. The summed E-state index contributed by atoms with van der Waals surface area (Å²) in [5.74, 6) is -7.30. The van der Waals surface area contributed by atoms with Gasteiger partial charge >= 0.3 is 11.8 Å². The van der Waals surface area contributed by atoms with Gasteiger partial charge in [0, 0.05) is 48.4 Å². The second-order valence-corrected chi connectivity index (χ2v) is 14.2. The topological polar surface area (TPSA) is 294 Å². The van der Waals surface area contributed by atoms with Crippen LogP contribution in [0.3, 0.4) is 0 Å². The summed E-state index contributed by atoms with van der Waals surface area (Å²) in [6, 6.07) is 16.6. The summed E-state index contributed by atoms with van der Waals surface area (Å²) in [4.78, 5) is 51.9. The number of aromatic hydroxyl groups is 2. The summed E-state index contributed by atoms with van der Waals surface area (Å²) in [5.41, 5.74) is -0.838. The van der Waals surface area contributed by atoms with Gasteiger partial charge < -0.3 is 73.6 Å². The van der Waals surface area contributed by atoms with Gasteiger partial charge in [0.2, 0.25) is 11.7 Å². The van der Waals surface area contributed by atoms with Crippen molar-refractivity contribution in [3.05, 3.63) is 99.3 Å². The molecular formula is C43H39NO18. The number of benzene rings is 4. The van der Waals surface area contributed by atoms with Crippen LogP contribution in [0.25, 0.3) is 44.6 Å². The third-order valence-corrected chi connectivity index (χ3v) is 10.1. The first kappa shape index (κ1) is 42.9. The Morgan fingerprint density at radius 2 is 1.39 bits per heavy atom. The number of aliphatic carboxylic acids is 1. The molecule has 1 amide bonds. The lowest BCUT2D eigenvalue weighted by atomic mass is 9.88. The zero-order chi connectivity index (χ0) is 44.6. The number of carboxylic acid groups (broad SMARTS) is 1. The Hall–Kier alpha value is -7.16. The molecule has 62 heavy (non-hydrogen) atoms. The van der Waals surface area contributed by atoms with E-state index in [9.17, 15) is 54.9 Å². The smallest absolute Gasteiger partial charge is 0.377 e. The second-order valence-electron chi connectivity index (χ2n) is 14.2. The molecule has 0 unspecified atom stereocenters. The van der Waals surface area contributed by atoms with Gasteiger partial charge in [-0.2, -0.15) is 0 Å². The Morgan fingerprint density at radius 3 is 1.94 bits per heavy atom. The molecule has 6 aromatic rings. The lowest BCUT2D eigenvalue weighted by Crippen LogP contribution is -2.68. The van der Waals surface area contributed by atoms with Crippen LogP contribution < -0.4 is 35.1 Å². The molecule has 0 bridgehead atoms. The molecule has 4 aromatic carbocycles. The molecule has 3 heterocycles. The highest BCUT2D eigenvalue weighted by atomic mass is 16.7. The monoisotopic (exact) mass is 857 g/mol. The van der Waals surface area contributed by atoms with E-state index in [1.54, 1.807) is 24.3 Å². The van der Waals surface area contributed by atoms with Crippen LogP contribution in [0.2, 0.25) is 0 Å². The van der Waals surface area contributed by atoms with Gasteiger partial charge in [0.15, 0.2) is 22.4 Å². The van der Waals surface area contributed by atoms with Gasteiger partial charge in [0.25, 0.3) is 0 Å². The van der Waals surface area contributed by atoms with E-state index in [-0.39, 0.29) is 45.3 Å². The predicted molar refractivity (Wildman–Crippen MR) is 216 cm³/mol. The molecule has 1 aliphatic heterocycles. The number of hydrogen-bond donors (Lipinski definition) is 8. The highest BCUT2D eigenvalue weighted by Crippen LogP contribution is 2.48. The van der Waals surface area contributed by atoms with E-state index in [0.29, 0.717) is 16.9 Å². The zero-order valence-corrected chi connectivity index (χ0v) is 32.9. The van der Waals surface area contributed by atoms with Gasteiger partial charge in [-0.3, -0.25) is 14.4 Å².